The van der Waals surface area contributed by atoms with Crippen LogP contribution in [0.5, 0.6) is 0 Å². The van der Waals surface area contributed by atoms with Gasteiger partial charge in [-0.1, -0.05) is 12.1 Å². The molecular weight excluding hydrogens is 305 g/mol. The van der Waals surface area contributed by atoms with Gasteiger partial charge in [0.25, 0.3) is 0 Å². The Hall–Kier alpha value is -0.720. The number of alkyl halides is 2. The van der Waals surface area contributed by atoms with Crippen molar-refractivity contribution in [2.75, 3.05) is 7.11 Å². The van der Waals surface area contributed by atoms with Gasteiger partial charge in [0.05, 0.1) is 7.11 Å². The topological polar surface area (TPSA) is 26.3 Å². The van der Waals surface area contributed by atoms with Gasteiger partial charge in [0.2, 0.25) is 0 Å². The highest BCUT2D eigenvalue weighted by molar-refractivity contribution is 14.1. The largest absolute Gasteiger partial charge is 0.464 e. The van der Waals surface area contributed by atoms with E-state index in [-0.39, 0.29) is 5.56 Å². The first-order chi connectivity index (χ1) is 6.48. The van der Waals surface area contributed by atoms with Gasteiger partial charge in [-0.3, -0.25) is 0 Å². The summed E-state index contributed by atoms with van der Waals surface area (Å²) >= 11 is 1.99. The first kappa shape index (κ1) is 11.4. The number of methoxy groups -OCH3 is 1. The molecule has 0 atom stereocenters. The van der Waals surface area contributed by atoms with Crippen LogP contribution >= 0.6 is 22.6 Å². The number of hydrogen-bond acceptors (Lipinski definition) is 2. The summed E-state index contributed by atoms with van der Waals surface area (Å²) < 4.78 is 31.2. The number of halogens is 3. The highest BCUT2D eigenvalue weighted by Crippen LogP contribution is 2.29. The van der Waals surface area contributed by atoms with Crippen molar-refractivity contribution >= 4 is 28.6 Å². The van der Waals surface area contributed by atoms with Crippen LogP contribution in [0.2, 0.25) is 0 Å². The molecule has 0 bridgehead atoms. The minimum Gasteiger partial charge on any atom is -0.464 e. The Balaban J connectivity index is 3.03. The molecule has 0 N–H and O–H groups in total. The number of ether oxygens (including phenoxy) is 1. The molecule has 0 aliphatic carbocycles. The van der Waals surface area contributed by atoms with Crippen LogP contribution in [0.4, 0.5) is 8.78 Å². The third kappa shape index (κ3) is 2.20. The van der Waals surface area contributed by atoms with Crippen LogP contribution in [0.3, 0.4) is 0 Å². The quantitative estimate of drug-likeness (QED) is 0.620. The molecule has 0 aliphatic rings. The van der Waals surface area contributed by atoms with Gasteiger partial charge < -0.3 is 4.74 Å². The summed E-state index contributed by atoms with van der Waals surface area (Å²) in [5.74, 6) is -5.11. The summed E-state index contributed by atoms with van der Waals surface area (Å²) in [5.41, 5.74) is -0.357. The van der Waals surface area contributed by atoms with Crippen molar-refractivity contribution in [3.63, 3.8) is 0 Å². The Morgan fingerprint density at radius 3 is 2.29 bits per heavy atom. The van der Waals surface area contributed by atoms with E-state index in [4.69, 9.17) is 0 Å². The lowest BCUT2D eigenvalue weighted by atomic mass is 10.1. The highest BCUT2D eigenvalue weighted by Gasteiger charge is 2.42. The van der Waals surface area contributed by atoms with E-state index in [1.807, 2.05) is 22.6 Å². The summed E-state index contributed by atoms with van der Waals surface area (Å²) in [7, 11) is 0.933. The molecule has 0 saturated carbocycles. The summed E-state index contributed by atoms with van der Waals surface area (Å²) in [4.78, 5) is 10.7. The maximum Gasteiger partial charge on any atom is 0.381 e. The molecule has 2 nitrogen and oxygen atoms in total. The van der Waals surface area contributed by atoms with Crippen molar-refractivity contribution in [3.05, 3.63) is 33.4 Å². The third-order valence-electron chi connectivity index (χ3n) is 1.65. The molecule has 5 heteroatoms. The summed E-state index contributed by atoms with van der Waals surface area (Å²) in [6, 6.07) is 5.43. The SMILES string of the molecule is COC(=O)C(F)(F)c1ccc(I)cc1. The average Bonchev–Trinajstić information content (AvgIpc) is 2.17. The first-order valence-electron chi connectivity index (χ1n) is 3.70. The maximum absolute atomic E-state index is 13.2. The van der Waals surface area contributed by atoms with Crippen molar-refractivity contribution in [2.45, 2.75) is 5.92 Å². The fourth-order valence-corrected chi connectivity index (χ4v) is 1.26. The van der Waals surface area contributed by atoms with Crippen molar-refractivity contribution in [1.82, 2.24) is 0 Å². The maximum atomic E-state index is 13.2. The third-order valence-corrected chi connectivity index (χ3v) is 2.37. The predicted molar refractivity (Wildman–Crippen MR) is 55.1 cm³/mol. The van der Waals surface area contributed by atoms with Crippen LogP contribution in [0.15, 0.2) is 24.3 Å². The molecule has 0 fully saturated rings. The van der Waals surface area contributed by atoms with Crippen LogP contribution < -0.4 is 0 Å². The second kappa shape index (κ2) is 4.20. The van der Waals surface area contributed by atoms with Gasteiger partial charge in [0.15, 0.2) is 0 Å². The van der Waals surface area contributed by atoms with E-state index >= 15 is 0 Å². The van der Waals surface area contributed by atoms with Gasteiger partial charge in [-0.2, -0.15) is 8.78 Å². The van der Waals surface area contributed by atoms with E-state index in [1.165, 1.54) is 24.3 Å². The lowest BCUT2D eigenvalue weighted by molar-refractivity contribution is -0.170. The molecule has 76 valence electrons. The molecule has 1 aromatic carbocycles. The van der Waals surface area contributed by atoms with Gasteiger partial charge in [-0.25, -0.2) is 4.79 Å². The number of carbonyl (C=O) groups excluding carboxylic acids is 1. The normalized spacial score (nSPS) is 11.1. The number of hydrogen-bond donors (Lipinski definition) is 0. The van der Waals surface area contributed by atoms with Crippen LogP contribution in [-0.2, 0) is 15.5 Å². The van der Waals surface area contributed by atoms with E-state index in [0.717, 1.165) is 10.7 Å². The zero-order valence-corrected chi connectivity index (χ0v) is 9.42. The fraction of sp³-hybridized carbons (Fsp3) is 0.222. The molecule has 0 heterocycles. The second-order valence-corrected chi connectivity index (χ2v) is 3.82. The summed E-state index contributed by atoms with van der Waals surface area (Å²) in [6.07, 6.45) is 0. The molecule has 0 aliphatic heterocycles. The number of benzene rings is 1. The molecule has 0 radical (unpaired) electrons. The van der Waals surface area contributed by atoms with Gasteiger partial charge >= 0.3 is 11.9 Å². The molecule has 14 heavy (non-hydrogen) atoms. The van der Waals surface area contributed by atoms with Gasteiger partial charge in [0.1, 0.15) is 0 Å². The minimum atomic E-state index is -3.57. The predicted octanol–water partition coefficient (Wildman–Crippen LogP) is 2.56. The van der Waals surface area contributed by atoms with E-state index in [0.29, 0.717) is 0 Å². The second-order valence-electron chi connectivity index (χ2n) is 2.57. The average molecular weight is 312 g/mol. The van der Waals surface area contributed by atoms with Gasteiger partial charge in [0, 0.05) is 9.13 Å². The monoisotopic (exact) mass is 312 g/mol. The van der Waals surface area contributed by atoms with Gasteiger partial charge in [-0.15, -0.1) is 0 Å². The summed E-state index contributed by atoms with van der Waals surface area (Å²) in [6.45, 7) is 0. The Morgan fingerprint density at radius 1 is 1.36 bits per heavy atom. The lowest BCUT2D eigenvalue weighted by Crippen LogP contribution is -2.27. The van der Waals surface area contributed by atoms with Crippen LogP contribution in [0, 0.1) is 3.57 Å². The minimum absolute atomic E-state index is 0.357. The molecule has 0 spiro atoms. The Kier molecular flexibility index (Phi) is 3.41. The van der Waals surface area contributed by atoms with Crippen molar-refractivity contribution < 1.29 is 18.3 Å². The number of carbonyl (C=O) groups is 1. The number of esters is 1. The van der Waals surface area contributed by atoms with Crippen molar-refractivity contribution in [1.29, 1.82) is 0 Å². The van der Waals surface area contributed by atoms with Crippen molar-refractivity contribution in [3.8, 4) is 0 Å². The molecule has 0 aromatic heterocycles. The van der Waals surface area contributed by atoms with E-state index in [9.17, 15) is 13.6 Å². The molecule has 0 saturated heterocycles. The Bertz CT molecular complexity index is 335. The van der Waals surface area contributed by atoms with E-state index in [1.54, 1.807) is 0 Å². The molecule has 0 unspecified atom stereocenters. The Morgan fingerprint density at radius 2 is 1.86 bits per heavy atom. The van der Waals surface area contributed by atoms with E-state index in [2.05, 4.69) is 4.74 Å². The molecule has 1 aromatic rings. The van der Waals surface area contributed by atoms with Gasteiger partial charge in [-0.05, 0) is 34.7 Å². The number of rotatable bonds is 2. The first-order valence-corrected chi connectivity index (χ1v) is 4.78. The smallest absolute Gasteiger partial charge is 0.381 e. The van der Waals surface area contributed by atoms with E-state index < -0.39 is 11.9 Å². The zero-order valence-electron chi connectivity index (χ0n) is 7.26. The molecular formula is C9H7F2IO2. The van der Waals surface area contributed by atoms with Crippen LogP contribution in [0.25, 0.3) is 0 Å². The fourth-order valence-electron chi connectivity index (χ4n) is 0.905. The molecule has 1 rings (SSSR count). The highest BCUT2D eigenvalue weighted by atomic mass is 127. The van der Waals surface area contributed by atoms with Crippen LogP contribution in [0.1, 0.15) is 5.56 Å². The zero-order chi connectivity index (χ0) is 10.8. The Labute approximate surface area is 93.4 Å². The standard InChI is InChI=1S/C9H7F2IO2/c1-14-8(13)9(10,11)6-2-4-7(12)5-3-6/h2-5H,1H3. The lowest BCUT2D eigenvalue weighted by Gasteiger charge is -2.13. The summed E-state index contributed by atoms with van der Waals surface area (Å²) in [5, 5.41) is 0. The van der Waals surface area contributed by atoms with Crippen molar-refractivity contribution in [2.24, 2.45) is 0 Å². The van der Waals surface area contributed by atoms with Crippen LogP contribution in [-0.4, -0.2) is 13.1 Å². The molecule has 0 amide bonds.